The van der Waals surface area contributed by atoms with Crippen molar-refractivity contribution in [1.29, 1.82) is 0 Å². The van der Waals surface area contributed by atoms with Crippen LogP contribution in [0.1, 0.15) is 30.1 Å². The van der Waals surface area contributed by atoms with Crippen molar-refractivity contribution in [2.24, 2.45) is 0 Å². The van der Waals surface area contributed by atoms with Gasteiger partial charge in [-0.3, -0.25) is 4.79 Å². The summed E-state index contributed by atoms with van der Waals surface area (Å²) in [5.41, 5.74) is 1.28. The average Bonchev–Trinajstić information content (AvgIpc) is 2.49. The fourth-order valence-electron chi connectivity index (χ4n) is 1.81. The van der Waals surface area contributed by atoms with Crippen LogP contribution in [0.3, 0.4) is 0 Å². The van der Waals surface area contributed by atoms with Gasteiger partial charge in [-0.1, -0.05) is 25.5 Å². The lowest BCUT2D eigenvalue weighted by atomic mass is 10.2. The van der Waals surface area contributed by atoms with Gasteiger partial charge in [-0.15, -0.1) is 0 Å². The molecule has 2 aromatic rings. The van der Waals surface area contributed by atoms with Crippen molar-refractivity contribution in [2.45, 2.75) is 19.8 Å². The number of anilines is 2. The number of hydrogen-bond donors (Lipinski definition) is 2. The molecule has 0 bridgehead atoms. The summed E-state index contributed by atoms with van der Waals surface area (Å²) in [6.45, 7) is 3.06. The normalized spacial score (nSPS) is 10.2. The van der Waals surface area contributed by atoms with Crippen LogP contribution in [0.4, 0.5) is 11.5 Å². The van der Waals surface area contributed by atoms with Crippen LogP contribution in [-0.2, 0) is 0 Å². The summed E-state index contributed by atoms with van der Waals surface area (Å²) < 4.78 is 0.772. The molecule has 2 rings (SSSR count). The van der Waals surface area contributed by atoms with E-state index in [1.165, 1.54) is 0 Å². The number of rotatable bonds is 6. The van der Waals surface area contributed by atoms with Crippen molar-refractivity contribution in [1.82, 2.24) is 4.98 Å². The molecule has 0 aliphatic rings. The molecule has 0 radical (unpaired) electrons. The van der Waals surface area contributed by atoms with Crippen LogP contribution in [0, 0.1) is 0 Å². The van der Waals surface area contributed by atoms with Crippen molar-refractivity contribution < 1.29 is 4.79 Å². The van der Waals surface area contributed by atoms with E-state index in [4.69, 9.17) is 0 Å². The van der Waals surface area contributed by atoms with Gasteiger partial charge in [-0.2, -0.15) is 0 Å². The fraction of sp³-hybridized carbons (Fsp3) is 0.250. The number of carbonyl (C=O) groups excluding carboxylic acids is 1. The lowest BCUT2D eigenvalue weighted by molar-refractivity contribution is 0.102. The summed E-state index contributed by atoms with van der Waals surface area (Å²) in [5.74, 6) is 0.665. The van der Waals surface area contributed by atoms with E-state index in [2.05, 4.69) is 38.5 Å². The molecule has 5 heteroatoms. The standard InChI is InChI=1S/C16H18BrN3O/c1-2-3-10-18-15-9-8-12(11-19-15)20-16(21)13-6-4-5-7-14(13)17/h4-9,11H,2-3,10H2,1H3,(H,18,19)(H,20,21). The lowest BCUT2D eigenvalue weighted by Gasteiger charge is -2.08. The summed E-state index contributed by atoms with van der Waals surface area (Å²) in [6, 6.07) is 11.0. The maximum Gasteiger partial charge on any atom is 0.256 e. The highest BCUT2D eigenvalue weighted by molar-refractivity contribution is 9.10. The number of benzene rings is 1. The number of aromatic nitrogens is 1. The number of nitrogens with one attached hydrogen (secondary N) is 2. The molecule has 0 fully saturated rings. The number of nitrogens with zero attached hydrogens (tertiary/aromatic N) is 1. The van der Waals surface area contributed by atoms with Gasteiger partial charge in [-0.05, 0) is 46.6 Å². The highest BCUT2D eigenvalue weighted by Gasteiger charge is 2.09. The van der Waals surface area contributed by atoms with Crippen LogP contribution in [-0.4, -0.2) is 17.4 Å². The van der Waals surface area contributed by atoms with E-state index >= 15 is 0 Å². The van der Waals surface area contributed by atoms with Gasteiger partial charge >= 0.3 is 0 Å². The predicted molar refractivity (Wildman–Crippen MR) is 89.7 cm³/mol. The monoisotopic (exact) mass is 347 g/mol. The SMILES string of the molecule is CCCCNc1ccc(NC(=O)c2ccccc2Br)cn1. The molecule has 21 heavy (non-hydrogen) atoms. The van der Waals surface area contributed by atoms with Crippen LogP contribution in [0.25, 0.3) is 0 Å². The van der Waals surface area contributed by atoms with E-state index in [0.717, 1.165) is 29.7 Å². The highest BCUT2D eigenvalue weighted by atomic mass is 79.9. The molecule has 4 nitrogen and oxygen atoms in total. The van der Waals surface area contributed by atoms with Gasteiger partial charge in [0.1, 0.15) is 5.82 Å². The first-order valence-corrected chi connectivity index (χ1v) is 7.76. The van der Waals surface area contributed by atoms with Gasteiger partial charge in [0.2, 0.25) is 0 Å². The molecule has 2 N–H and O–H groups in total. The molecule has 0 unspecified atom stereocenters. The Bertz CT molecular complexity index is 599. The number of carbonyl (C=O) groups is 1. The van der Waals surface area contributed by atoms with Crippen molar-refractivity contribution in [2.75, 3.05) is 17.2 Å². The van der Waals surface area contributed by atoms with E-state index in [0.29, 0.717) is 11.3 Å². The molecule has 1 heterocycles. The van der Waals surface area contributed by atoms with Crippen molar-refractivity contribution in [3.63, 3.8) is 0 Å². The molecule has 0 aliphatic heterocycles. The second-order valence-corrected chi connectivity index (χ2v) is 5.50. The van der Waals surface area contributed by atoms with E-state index in [1.54, 1.807) is 12.3 Å². The Morgan fingerprint density at radius 3 is 2.71 bits per heavy atom. The largest absolute Gasteiger partial charge is 0.370 e. The molecule has 0 saturated carbocycles. The van der Waals surface area contributed by atoms with Crippen LogP contribution < -0.4 is 10.6 Å². The summed E-state index contributed by atoms with van der Waals surface area (Å²) in [6.07, 6.45) is 3.91. The molecule has 1 aromatic carbocycles. The Labute approximate surface area is 133 Å². The highest BCUT2D eigenvalue weighted by Crippen LogP contribution is 2.18. The molecule has 110 valence electrons. The second-order valence-electron chi connectivity index (χ2n) is 4.65. The van der Waals surface area contributed by atoms with Crippen molar-refractivity contribution >= 4 is 33.3 Å². The lowest BCUT2D eigenvalue weighted by Crippen LogP contribution is -2.12. The first kappa shape index (κ1) is 15.5. The Morgan fingerprint density at radius 2 is 2.05 bits per heavy atom. The number of amides is 1. The van der Waals surface area contributed by atoms with Gasteiger partial charge in [0.05, 0.1) is 17.4 Å². The topological polar surface area (TPSA) is 54.0 Å². The minimum atomic E-state index is -0.157. The third kappa shape index (κ3) is 4.56. The minimum absolute atomic E-state index is 0.157. The Morgan fingerprint density at radius 1 is 1.24 bits per heavy atom. The van der Waals surface area contributed by atoms with Gasteiger partial charge in [0.15, 0.2) is 0 Å². The molecule has 0 aliphatic carbocycles. The average molecular weight is 348 g/mol. The minimum Gasteiger partial charge on any atom is -0.370 e. The number of pyridine rings is 1. The summed E-state index contributed by atoms with van der Waals surface area (Å²) in [4.78, 5) is 16.4. The van der Waals surface area contributed by atoms with Gasteiger partial charge in [-0.25, -0.2) is 4.98 Å². The summed E-state index contributed by atoms with van der Waals surface area (Å²) in [7, 11) is 0. The predicted octanol–water partition coefficient (Wildman–Crippen LogP) is 4.31. The van der Waals surface area contributed by atoms with Crippen molar-refractivity contribution in [3.05, 3.63) is 52.6 Å². The molecule has 1 amide bonds. The van der Waals surface area contributed by atoms with E-state index in [1.807, 2.05) is 30.3 Å². The molecular weight excluding hydrogens is 330 g/mol. The number of halogens is 1. The smallest absolute Gasteiger partial charge is 0.256 e. The summed E-state index contributed by atoms with van der Waals surface area (Å²) >= 11 is 3.37. The van der Waals surface area contributed by atoms with Gasteiger partial charge in [0.25, 0.3) is 5.91 Å². The molecule has 0 spiro atoms. The zero-order valence-corrected chi connectivity index (χ0v) is 13.5. The van der Waals surface area contributed by atoms with Crippen LogP contribution in [0.5, 0.6) is 0 Å². The Hall–Kier alpha value is -1.88. The maximum atomic E-state index is 12.1. The third-order valence-electron chi connectivity index (χ3n) is 2.98. The van der Waals surface area contributed by atoms with Gasteiger partial charge in [0, 0.05) is 11.0 Å². The molecular formula is C16H18BrN3O. The zero-order chi connectivity index (χ0) is 15.1. The van der Waals surface area contributed by atoms with E-state index in [-0.39, 0.29) is 5.91 Å². The van der Waals surface area contributed by atoms with Crippen LogP contribution in [0.2, 0.25) is 0 Å². The quantitative estimate of drug-likeness (QED) is 0.765. The van der Waals surface area contributed by atoms with Crippen LogP contribution in [0.15, 0.2) is 47.1 Å². The van der Waals surface area contributed by atoms with E-state index in [9.17, 15) is 4.79 Å². The Balaban J connectivity index is 1.97. The molecule has 1 aromatic heterocycles. The number of unbranched alkanes of at least 4 members (excludes halogenated alkanes) is 1. The molecule has 0 atom stereocenters. The number of hydrogen-bond acceptors (Lipinski definition) is 3. The Kier molecular flexibility index (Phi) is 5.75. The zero-order valence-electron chi connectivity index (χ0n) is 11.9. The van der Waals surface area contributed by atoms with Crippen molar-refractivity contribution in [3.8, 4) is 0 Å². The third-order valence-corrected chi connectivity index (χ3v) is 3.67. The fourth-order valence-corrected chi connectivity index (χ4v) is 2.27. The van der Waals surface area contributed by atoms with Crippen LogP contribution >= 0.6 is 15.9 Å². The summed E-state index contributed by atoms with van der Waals surface area (Å²) in [5, 5.41) is 6.07. The second kappa shape index (κ2) is 7.78. The first-order chi connectivity index (χ1) is 10.2. The van der Waals surface area contributed by atoms with Gasteiger partial charge < -0.3 is 10.6 Å². The maximum absolute atomic E-state index is 12.1. The first-order valence-electron chi connectivity index (χ1n) is 6.96. The van der Waals surface area contributed by atoms with E-state index < -0.39 is 0 Å². The molecule has 0 saturated heterocycles.